The zero-order chi connectivity index (χ0) is 18.5. The van der Waals surface area contributed by atoms with Gasteiger partial charge in [-0.05, 0) is 50.9 Å². The molecule has 0 atom stereocenters. The van der Waals surface area contributed by atoms with Crippen LogP contribution in [0.15, 0.2) is 30.3 Å². The molecule has 3 rings (SSSR count). The first-order valence-corrected chi connectivity index (χ1v) is 9.70. The van der Waals surface area contributed by atoms with Crippen LogP contribution in [0.4, 0.5) is 0 Å². The summed E-state index contributed by atoms with van der Waals surface area (Å²) in [6.45, 7) is 11.2. The van der Waals surface area contributed by atoms with Gasteiger partial charge in [0.2, 0.25) is 5.91 Å². The minimum Gasteiger partial charge on any atom is -0.340 e. The van der Waals surface area contributed by atoms with E-state index in [0.717, 1.165) is 56.2 Å². The second kappa shape index (κ2) is 8.49. The third-order valence-corrected chi connectivity index (χ3v) is 5.30. The predicted molar refractivity (Wildman–Crippen MR) is 105 cm³/mol. The third-order valence-electron chi connectivity index (χ3n) is 5.30. The van der Waals surface area contributed by atoms with E-state index in [9.17, 15) is 4.79 Å². The van der Waals surface area contributed by atoms with E-state index in [1.54, 1.807) is 0 Å². The molecular weight excluding hydrogens is 324 g/mol. The van der Waals surface area contributed by atoms with Gasteiger partial charge >= 0.3 is 0 Å². The highest BCUT2D eigenvalue weighted by molar-refractivity contribution is 5.76. The van der Waals surface area contributed by atoms with Crippen LogP contribution in [0.1, 0.15) is 36.7 Å². The SMILES string of the molecule is CCCN1CCN(C(=O)CCc2c(C)nn(-c3ccccc3)c2C)CC1. The van der Waals surface area contributed by atoms with Gasteiger partial charge in [-0.25, -0.2) is 4.68 Å². The number of carbonyl (C=O) groups excluding carboxylic acids is 1. The Labute approximate surface area is 156 Å². The highest BCUT2D eigenvalue weighted by Crippen LogP contribution is 2.19. The summed E-state index contributed by atoms with van der Waals surface area (Å²) in [6, 6.07) is 10.2. The van der Waals surface area contributed by atoms with E-state index >= 15 is 0 Å². The van der Waals surface area contributed by atoms with Crippen molar-refractivity contribution in [3.8, 4) is 5.69 Å². The van der Waals surface area contributed by atoms with Crippen LogP contribution in [0.5, 0.6) is 0 Å². The summed E-state index contributed by atoms with van der Waals surface area (Å²) < 4.78 is 1.98. The minimum absolute atomic E-state index is 0.271. The molecule has 0 aliphatic carbocycles. The number of aryl methyl sites for hydroxylation is 1. The first-order valence-electron chi connectivity index (χ1n) is 9.70. The molecule has 0 spiro atoms. The Morgan fingerprint density at radius 2 is 1.77 bits per heavy atom. The van der Waals surface area contributed by atoms with E-state index in [1.165, 1.54) is 12.0 Å². The third kappa shape index (κ3) is 4.15. The number of rotatable bonds is 6. The van der Waals surface area contributed by atoms with Gasteiger partial charge in [0.15, 0.2) is 0 Å². The highest BCUT2D eigenvalue weighted by atomic mass is 16.2. The fourth-order valence-electron chi connectivity index (χ4n) is 3.78. The van der Waals surface area contributed by atoms with Crippen molar-refractivity contribution >= 4 is 5.91 Å². The Balaban J connectivity index is 1.60. The van der Waals surface area contributed by atoms with Crippen molar-refractivity contribution in [3.63, 3.8) is 0 Å². The predicted octanol–water partition coefficient (Wildman–Crippen LogP) is 2.98. The maximum atomic E-state index is 12.6. The van der Waals surface area contributed by atoms with Crippen molar-refractivity contribution in [2.24, 2.45) is 0 Å². The molecule has 0 radical (unpaired) electrons. The molecule has 2 aromatic rings. The average Bonchev–Trinajstić information content (AvgIpc) is 2.95. The monoisotopic (exact) mass is 354 g/mol. The van der Waals surface area contributed by atoms with Gasteiger partial charge in [-0.15, -0.1) is 0 Å². The van der Waals surface area contributed by atoms with Gasteiger partial charge < -0.3 is 4.90 Å². The lowest BCUT2D eigenvalue weighted by atomic mass is 10.1. The Hall–Kier alpha value is -2.14. The molecule has 1 amide bonds. The van der Waals surface area contributed by atoms with E-state index < -0.39 is 0 Å². The lowest BCUT2D eigenvalue weighted by Crippen LogP contribution is -2.48. The number of hydrogen-bond donors (Lipinski definition) is 0. The van der Waals surface area contributed by atoms with E-state index in [4.69, 9.17) is 0 Å². The molecule has 1 aliphatic heterocycles. The second-order valence-electron chi connectivity index (χ2n) is 7.12. The van der Waals surface area contributed by atoms with E-state index in [2.05, 4.69) is 36.0 Å². The fraction of sp³-hybridized carbons (Fsp3) is 0.524. The van der Waals surface area contributed by atoms with Crippen molar-refractivity contribution < 1.29 is 4.79 Å². The van der Waals surface area contributed by atoms with Gasteiger partial charge in [0.05, 0.1) is 11.4 Å². The molecule has 5 nitrogen and oxygen atoms in total. The van der Waals surface area contributed by atoms with Crippen LogP contribution in [-0.2, 0) is 11.2 Å². The number of nitrogens with zero attached hydrogens (tertiary/aromatic N) is 4. The molecule has 1 aromatic heterocycles. The van der Waals surface area contributed by atoms with Crippen molar-refractivity contribution in [1.29, 1.82) is 0 Å². The standard InChI is InChI=1S/C21H30N4O/c1-4-12-23-13-15-24(16-14-23)21(26)11-10-20-17(2)22-25(18(20)3)19-8-6-5-7-9-19/h5-9H,4,10-16H2,1-3H3. The molecule has 26 heavy (non-hydrogen) atoms. The number of aromatic nitrogens is 2. The van der Waals surface area contributed by atoms with Crippen LogP contribution in [-0.4, -0.2) is 58.2 Å². The number of benzene rings is 1. The minimum atomic E-state index is 0.271. The van der Waals surface area contributed by atoms with Crippen LogP contribution in [0.25, 0.3) is 5.69 Å². The number of carbonyl (C=O) groups is 1. The van der Waals surface area contributed by atoms with Gasteiger partial charge in [0.1, 0.15) is 0 Å². The van der Waals surface area contributed by atoms with E-state index in [0.29, 0.717) is 6.42 Å². The Morgan fingerprint density at radius 3 is 2.42 bits per heavy atom. The molecule has 1 aromatic carbocycles. The van der Waals surface area contributed by atoms with E-state index in [1.807, 2.05) is 34.7 Å². The molecule has 0 unspecified atom stereocenters. The van der Waals surface area contributed by atoms with Gasteiger partial charge in [0, 0.05) is 38.3 Å². The lowest BCUT2D eigenvalue weighted by molar-refractivity contribution is -0.132. The molecule has 0 saturated carbocycles. The molecule has 1 aliphatic rings. The quantitative estimate of drug-likeness (QED) is 0.801. The first kappa shape index (κ1) is 18.6. The highest BCUT2D eigenvalue weighted by Gasteiger charge is 2.21. The Kier molecular flexibility index (Phi) is 6.09. The second-order valence-corrected chi connectivity index (χ2v) is 7.12. The average molecular weight is 354 g/mol. The van der Waals surface area contributed by atoms with Gasteiger partial charge in [-0.2, -0.15) is 5.10 Å². The maximum absolute atomic E-state index is 12.6. The summed E-state index contributed by atoms with van der Waals surface area (Å²) >= 11 is 0. The van der Waals surface area contributed by atoms with Crippen molar-refractivity contribution in [2.75, 3.05) is 32.7 Å². The summed E-state index contributed by atoms with van der Waals surface area (Å²) in [5.74, 6) is 0.271. The van der Waals surface area contributed by atoms with E-state index in [-0.39, 0.29) is 5.91 Å². The van der Waals surface area contributed by atoms with Crippen molar-refractivity contribution in [2.45, 2.75) is 40.0 Å². The Morgan fingerprint density at radius 1 is 1.08 bits per heavy atom. The normalized spacial score (nSPS) is 15.4. The molecule has 1 fully saturated rings. The maximum Gasteiger partial charge on any atom is 0.222 e. The fourth-order valence-corrected chi connectivity index (χ4v) is 3.78. The summed E-state index contributed by atoms with van der Waals surface area (Å²) in [6.07, 6.45) is 2.51. The Bertz CT molecular complexity index is 730. The number of hydrogen-bond acceptors (Lipinski definition) is 3. The van der Waals surface area contributed by atoms with Gasteiger partial charge in [-0.3, -0.25) is 9.69 Å². The molecule has 5 heteroatoms. The molecule has 140 valence electrons. The molecule has 1 saturated heterocycles. The summed E-state index contributed by atoms with van der Waals surface area (Å²) in [4.78, 5) is 17.1. The number of para-hydroxylation sites is 1. The zero-order valence-electron chi connectivity index (χ0n) is 16.2. The smallest absolute Gasteiger partial charge is 0.222 e. The van der Waals surface area contributed by atoms with Crippen LogP contribution in [0.2, 0.25) is 0 Å². The van der Waals surface area contributed by atoms with Crippen molar-refractivity contribution in [1.82, 2.24) is 19.6 Å². The largest absolute Gasteiger partial charge is 0.340 e. The van der Waals surface area contributed by atoms with Crippen LogP contribution in [0.3, 0.4) is 0 Å². The van der Waals surface area contributed by atoms with Crippen LogP contribution >= 0.6 is 0 Å². The summed E-state index contributed by atoms with van der Waals surface area (Å²) in [5.41, 5.74) is 4.42. The topological polar surface area (TPSA) is 41.4 Å². The summed E-state index contributed by atoms with van der Waals surface area (Å²) in [5, 5.41) is 4.69. The molecular formula is C21H30N4O. The van der Waals surface area contributed by atoms with Crippen molar-refractivity contribution in [3.05, 3.63) is 47.3 Å². The summed E-state index contributed by atoms with van der Waals surface area (Å²) in [7, 11) is 0. The number of amides is 1. The molecule has 0 N–H and O–H groups in total. The zero-order valence-corrected chi connectivity index (χ0v) is 16.2. The van der Waals surface area contributed by atoms with Gasteiger partial charge in [0.25, 0.3) is 0 Å². The number of piperazine rings is 1. The van der Waals surface area contributed by atoms with Crippen LogP contribution < -0.4 is 0 Å². The van der Waals surface area contributed by atoms with Gasteiger partial charge in [-0.1, -0.05) is 25.1 Å². The molecule has 2 heterocycles. The lowest BCUT2D eigenvalue weighted by Gasteiger charge is -2.34. The van der Waals surface area contributed by atoms with Crippen LogP contribution in [0, 0.1) is 13.8 Å². The molecule has 0 bridgehead atoms. The first-order chi connectivity index (χ1) is 12.6.